The number of anilines is 1. The second-order valence-electron chi connectivity index (χ2n) is 3.97. The van der Waals surface area contributed by atoms with E-state index in [1.807, 2.05) is 6.07 Å². The fraction of sp³-hybridized carbons (Fsp3) is 0.0769. The molecule has 2 N–H and O–H groups in total. The van der Waals surface area contributed by atoms with Gasteiger partial charge in [0.2, 0.25) is 5.56 Å². The Morgan fingerprint density at radius 2 is 2.10 bits per heavy atom. The van der Waals surface area contributed by atoms with Crippen LogP contribution in [0.5, 0.6) is 5.75 Å². The zero-order chi connectivity index (χ0) is 15.3. The van der Waals surface area contributed by atoms with Crippen LogP contribution >= 0.6 is 0 Å². The lowest BCUT2D eigenvalue weighted by Crippen LogP contribution is -2.15. The first kappa shape index (κ1) is 14.6. The molecule has 0 aliphatic carbocycles. The van der Waals surface area contributed by atoms with Gasteiger partial charge < -0.3 is 9.72 Å². The van der Waals surface area contributed by atoms with Crippen LogP contribution in [-0.2, 0) is 10.0 Å². The van der Waals surface area contributed by atoms with Crippen LogP contribution in [0.1, 0.15) is 0 Å². The number of ether oxygens (including phenoxy) is 1. The quantitative estimate of drug-likeness (QED) is 0.858. The normalized spacial score (nSPS) is 10.6. The molecule has 2 rings (SSSR count). The van der Waals surface area contributed by atoms with Crippen molar-refractivity contribution >= 4 is 15.7 Å². The highest BCUT2D eigenvalue weighted by Crippen LogP contribution is 2.20. The van der Waals surface area contributed by atoms with E-state index in [4.69, 9.17) is 10.00 Å². The summed E-state index contributed by atoms with van der Waals surface area (Å²) < 4.78 is 31.7. The number of hydrogen-bond acceptors (Lipinski definition) is 5. The Morgan fingerprint density at radius 1 is 1.29 bits per heavy atom. The van der Waals surface area contributed by atoms with Crippen LogP contribution in [0.2, 0.25) is 0 Å². The fourth-order valence-electron chi connectivity index (χ4n) is 1.54. The average Bonchev–Trinajstić information content (AvgIpc) is 2.45. The van der Waals surface area contributed by atoms with Crippen molar-refractivity contribution in [1.82, 2.24) is 4.98 Å². The van der Waals surface area contributed by atoms with Gasteiger partial charge >= 0.3 is 0 Å². The molecule has 1 aromatic heterocycles. The fourth-order valence-corrected chi connectivity index (χ4v) is 2.56. The van der Waals surface area contributed by atoms with Gasteiger partial charge in [-0.2, -0.15) is 5.26 Å². The van der Waals surface area contributed by atoms with Crippen molar-refractivity contribution in [3.8, 4) is 11.8 Å². The van der Waals surface area contributed by atoms with Gasteiger partial charge in [-0.3, -0.25) is 9.52 Å². The molecule has 21 heavy (non-hydrogen) atoms. The molecular weight excluding hydrogens is 294 g/mol. The minimum absolute atomic E-state index is 0.0644. The van der Waals surface area contributed by atoms with Crippen molar-refractivity contribution in [2.45, 2.75) is 4.90 Å². The Bertz CT molecular complexity index is 816. The predicted molar refractivity (Wildman–Crippen MR) is 75.4 cm³/mol. The molecule has 0 aliphatic rings. The third-order valence-corrected chi connectivity index (χ3v) is 3.83. The first-order valence-corrected chi connectivity index (χ1v) is 7.31. The van der Waals surface area contributed by atoms with Gasteiger partial charge in [0.1, 0.15) is 16.7 Å². The molecule has 0 bridgehead atoms. The number of aromatic amines is 1. The number of rotatable bonds is 5. The molecule has 0 aliphatic heterocycles. The number of nitrogens with one attached hydrogen (secondary N) is 2. The lowest BCUT2D eigenvalue weighted by Gasteiger charge is -2.09. The molecule has 0 amide bonds. The topological polar surface area (TPSA) is 112 Å². The van der Waals surface area contributed by atoms with Gasteiger partial charge in [0.05, 0.1) is 5.69 Å². The summed E-state index contributed by atoms with van der Waals surface area (Å²) in [5.41, 5.74) is -0.0995. The molecule has 0 atom stereocenters. The van der Waals surface area contributed by atoms with Gasteiger partial charge in [-0.05, 0) is 18.2 Å². The van der Waals surface area contributed by atoms with E-state index in [2.05, 4.69) is 9.71 Å². The van der Waals surface area contributed by atoms with Crippen molar-refractivity contribution in [3.05, 3.63) is 52.9 Å². The highest BCUT2D eigenvalue weighted by Gasteiger charge is 2.14. The van der Waals surface area contributed by atoms with Gasteiger partial charge in [-0.25, -0.2) is 8.42 Å². The minimum Gasteiger partial charge on any atom is -0.479 e. The summed E-state index contributed by atoms with van der Waals surface area (Å²) in [5, 5.41) is 8.44. The van der Waals surface area contributed by atoms with Crippen LogP contribution in [-0.4, -0.2) is 20.0 Å². The highest BCUT2D eigenvalue weighted by atomic mass is 32.2. The van der Waals surface area contributed by atoms with Crippen LogP contribution in [0.15, 0.2) is 52.3 Å². The van der Waals surface area contributed by atoms with Crippen LogP contribution in [0.3, 0.4) is 0 Å². The number of sulfonamides is 1. The van der Waals surface area contributed by atoms with E-state index in [9.17, 15) is 13.2 Å². The third-order valence-electron chi connectivity index (χ3n) is 2.46. The Morgan fingerprint density at radius 3 is 2.76 bits per heavy atom. The Kier molecular flexibility index (Phi) is 4.25. The second kappa shape index (κ2) is 6.11. The number of pyridine rings is 1. The van der Waals surface area contributed by atoms with Gasteiger partial charge in [-0.15, -0.1) is 0 Å². The zero-order valence-electron chi connectivity index (χ0n) is 10.7. The largest absolute Gasteiger partial charge is 0.479 e. The lowest BCUT2D eigenvalue weighted by molar-refractivity contribution is 0.368. The molecule has 1 aromatic carbocycles. The molecule has 0 saturated heterocycles. The van der Waals surface area contributed by atoms with E-state index < -0.39 is 10.0 Å². The van der Waals surface area contributed by atoms with Crippen LogP contribution in [0.25, 0.3) is 0 Å². The molecule has 7 nitrogen and oxygen atoms in total. The molecule has 0 spiro atoms. The number of hydrogen-bond donors (Lipinski definition) is 2. The molecule has 108 valence electrons. The Balaban J connectivity index is 2.22. The Hall–Kier alpha value is -2.79. The number of H-pyrrole nitrogens is 1. The SMILES string of the molecule is N#CCOc1cccc(NS(=O)(=O)c2ccc(=O)[nH]c2)c1. The molecule has 8 heteroatoms. The summed E-state index contributed by atoms with van der Waals surface area (Å²) in [6, 6.07) is 10.4. The van der Waals surface area contributed by atoms with E-state index >= 15 is 0 Å². The molecule has 0 saturated carbocycles. The molecular formula is C13H11N3O4S. The van der Waals surface area contributed by atoms with Crippen molar-refractivity contribution < 1.29 is 13.2 Å². The van der Waals surface area contributed by atoms with E-state index in [1.165, 1.54) is 12.1 Å². The molecule has 0 fully saturated rings. The zero-order valence-corrected chi connectivity index (χ0v) is 11.6. The van der Waals surface area contributed by atoms with Gasteiger partial charge in [0.15, 0.2) is 6.61 Å². The summed E-state index contributed by atoms with van der Waals surface area (Å²) >= 11 is 0. The molecule has 2 aromatic rings. The molecule has 0 unspecified atom stereocenters. The van der Waals surface area contributed by atoms with Crippen molar-refractivity contribution in [1.29, 1.82) is 5.26 Å². The third kappa shape index (κ3) is 3.84. The smallest absolute Gasteiger partial charge is 0.263 e. The maximum Gasteiger partial charge on any atom is 0.263 e. The monoisotopic (exact) mass is 305 g/mol. The highest BCUT2D eigenvalue weighted by molar-refractivity contribution is 7.92. The summed E-state index contributed by atoms with van der Waals surface area (Å²) in [6.07, 6.45) is 1.11. The van der Waals surface area contributed by atoms with Crippen molar-refractivity contribution in [2.24, 2.45) is 0 Å². The molecule has 0 radical (unpaired) electrons. The number of nitrogens with zero attached hydrogens (tertiary/aromatic N) is 1. The van der Waals surface area contributed by atoms with Crippen molar-refractivity contribution in [3.63, 3.8) is 0 Å². The molecule has 1 heterocycles. The summed E-state index contributed by atoms with van der Waals surface area (Å²) in [7, 11) is -3.81. The number of aromatic nitrogens is 1. The first-order chi connectivity index (χ1) is 10.0. The van der Waals surface area contributed by atoms with E-state index in [0.717, 1.165) is 12.3 Å². The average molecular weight is 305 g/mol. The van der Waals surface area contributed by atoms with Gasteiger partial charge in [0.25, 0.3) is 10.0 Å². The standard InChI is InChI=1S/C13H11N3O4S/c14-6-7-20-11-3-1-2-10(8-11)16-21(18,19)12-4-5-13(17)15-9-12/h1-5,8-9,16H,7H2,(H,15,17). The first-order valence-electron chi connectivity index (χ1n) is 5.83. The van der Waals surface area contributed by atoms with Crippen LogP contribution in [0.4, 0.5) is 5.69 Å². The minimum atomic E-state index is -3.81. The van der Waals surface area contributed by atoms with Crippen LogP contribution < -0.4 is 15.0 Å². The summed E-state index contributed by atoms with van der Waals surface area (Å²) in [6.45, 7) is -0.129. The Labute approximate surface area is 120 Å². The van der Waals surface area contributed by atoms with Crippen molar-refractivity contribution in [2.75, 3.05) is 11.3 Å². The lowest BCUT2D eigenvalue weighted by atomic mass is 10.3. The number of benzene rings is 1. The van der Waals surface area contributed by atoms with E-state index in [-0.39, 0.29) is 22.7 Å². The number of nitriles is 1. The maximum atomic E-state index is 12.1. The maximum absolute atomic E-state index is 12.1. The predicted octanol–water partition coefficient (Wildman–Crippen LogP) is 1.08. The van der Waals surface area contributed by atoms with E-state index in [0.29, 0.717) is 5.75 Å². The summed E-state index contributed by atoms with van der Waals surface area (Å²) in [5.74, 6) is 0.373. The van der Waals surface area contributed by atoms with Gasteiger partial charge in [-0.1, -0.05) is 6.07 Å². The van der Waals surface area contributed by atoms with Gasteiger partial charge in [0, 0.05) is 18.3 Å². The van der Waals surface area contributed by atoms with Crippen LogP contribution in [0, 0.1) is 11.3 Å². The second-order valence-corrected chi connectivity index (χ2v) is 5.65. The van der Waals surface area contributed by atoms with E-state index in [1.54, 1.807) is 18.2 Å². The summed E-state index contributed by atoms with van der Waals surface area (Å²) in [4.78, 5) is 13.2.